The number of alkyl halides is 3. The second-order valence-electron chi connectivity index (χ2n) is 4.86. The summed E-state index contributed by atoms with van der Waals surface area (Å²) in [5.41, 5.74) is -0.979. The third-order valence-electron chi connectivity index (χ3n) is 3.26. The molecule has 0 radical (unpaired) electrons. The van der Waals surface area contributed by atoms with Crippen molar-refractivity contribution >= 4 is 17.1 Å². The van der Waals surface area contributed by atoms with E-state index in [9.17, 15) is 22.2 Å². The van der Waals surface area contributed by atoms with E-state index in [0.29, 0.717) is 43.1 Å². The number of rotatable bonds is 2. The molecule has 11 heteroatoms. The molecular weight excluding hydrogens is 325 g/mol. The molecule has 0 aliphatic carbocycles. The molecule has 1 N–H and O–H groups in total. The maximum absolute atomic E-state index is 12.5. The van der Waals surface area contributed by atoms with Crippen LogP contribution in [0.3, 0.4) is 0 Å². The van der Waals surface area contributed by atoms with E-state index in [2.05, 4.69) is 5.10 Å². The molecule has 1 aliphatic heterocycles. The van der Waals surface area contributed by atoms with E-state index in [1.807, 2.05) is 0 Å². The quantitative estimate of drug-likeness (QED) is 0.815. The Labute approximate surface area is 127 Å². The Kier molecular flexibility index (Phi) is 5.19. The summed E-state index contributed by atoms with van der Waals surface area (Å²) in [4.78, 5) is 15.3. The van der Waals surface area contributed by atoms with Crippen LogP contribution in [0.15, 0.2) is 12.4 Å². The van der Waals surface area contributed by atoms with E-state index in [0.717, 1.165) is 0 Å². The summed E-state index contributed by atoms with van der Waals surface area (Å²) in [6.45, 7) is 1.54. The monoisotopic (exact) mass is 340 g/mol. The summed E-state index contributed by atoms with van der Waals surface area (Å²) in [6.07, 6.45) is -2.71. The van der Waals surface area contributed by atoms with Gasteiger partial charge in [-0.1, -0.05) is 0 Å². The second kappa shape index (κ2) is 6.75. The highest BCUT2D eigenvalue weighted by atomic mass is 32.2. The normalized spacial score (nSPS) is 19.0. The van der Waals surface area contributed by atoms with E-state index in [4.69, 9.17) is 4.55 Å². The van der Waals surface area contributed by atoms with Gasteiger partial charge in [0.2, 0.25) is 0 Å². The number of amides is 1. The SMILES string of the molecule is O=C(N1CCCN(CS(=O)O)CC1)n1cc(C(F)(F)F)cn1. The molecule has 0 saturated carbocycles. The molecule has 22 heavy (non-hydrogen) atoms. The molecule has 0 bridgehead atoms. The smallest absolute Gasteiger partial charge is 0.322 e. The van der Waals surface area contributed by atoms with Crippen LogP contribution in [-0.4, -0.2) is 66.4 Å². The van der Waals surface area contributed by atoms with Crippen LogP contribution in [0.2, 0.25) is 0 Å². The molecule has 1 atom stereocenters. The maximum atomic E-state index is 12.5. The van der Waals surface area contributed by atoms with E-state index >= 15 is 0 Å². The fraction of sp³-hybridized carbons (Fsp3) is 0.636. The molecule has 7 nitrogen and oxygen atoms in total. The molecule has 0 spiro atoms. The molecule has 1 unspecified atom stereocenters. The summed E-state index contributed by atoms with van der Waals surface area (Å²) >= 11 is -1.96. The first-order valence-corrected chi connectivity index (χ1v) is 7.76. The Morgan fingerprint density at radius 1 is 1.32 bits per heavy atom. The van der Waals surface area contributed by atoms with Crippen LogP contribution in [0.5, 0.6) is 0 Å². The number of carbonyl (C=O) groups excluding carboxylic acids is 1. The topological polar surface area (TPSA) is 78.7 Å². The van der Waals surface area contributed by atoms with Crippen molar-refractivity contribution in [3.63, 3.8) is 0 Å². The number of aromatic nitrogens is 2. The number of hydrogen-bond donors (Lipinski definition) is 1. The Balaban J connectivity index is 2.01. The number of carbonyl (C=O) groups is 1. The predicted molar refractivity (Wildman–Crippen MR) is 71.4 cm³/mol. The standard InChI is InChI=1S/C11H15F3N4O3S/c12-11(13,14)9-6-15-18(7-9)10(19)17-3-1-2-16(4-5-17)8-22(20)21/h6-7H,1-5,8H2,(H,20,21). The van der Waals surface area contributed by atoms with Crippen LogP contribution in [0.4, 0.5) is 18.0 Å². The Morgan fingerprint density at radius 2 is 2.05 bits per heavy atom. The molecule has 1 fully saturated rings. The van der Waals surface area contributed by atoms with E-state index in [1.54, 1.807) is 4.90 Å². The van der Waals surface area contributed by atoms with Crippen molar-refractivity contribution in [2.45, 2.75) is 12.6 Å². The summed E-state index contributed by atoms with van der Waals surface area (Å²) in [5.74, 6) is -0.0119. The van der Waals surface area contributed by atoms with Gasteiger partial charge in [0.25, 0.3) is 0 Å². The molecule has 2 heterocycles. The minimum atomic E-state index is -4.54. The van der Waals surface area contributed by atoms with Gasteiger partial charge in [-0.25, -0.2) is 9.00 Å². The van der Waals surface area contributed by atoms with Crippen LogP contribution in [0.1, 0.15) is 12.0 Å². The fourth-order valence-electron chi connectivity index (χ4n) is 2.17. The first-order chi connectivity index (χ1) is 10.3. The zero-order valence-electron chi connectivity index (χ0n) is 11.5. The van der Waals surface area contributed by atoms with Crippen LogP contribution < -0.4 is 0 Å². The zero-order valence-corrected chi connectivity index (χ0v) is 12.3. The largest absolute Gasteiger partial charge is 0.419 e. The third kappa shape index (κ3) is 4.27. The maximum Gasteiger partial charge on any atom is 0.419 e. The number of halogens is 3. The molecule has 1 saturated heterocycles. The van der Waals surface area contributed by atoms with Crippen molar-refractivity contribution in [1.82, 2.24) is 19.6 Å². The molecule has 2 rings (SSSR count). The minimum absolute atomic E-state index is 0.0119. The second-order valence-corrected chi connectivity index (χ2v) is 5.76. The Hall–Kier alpha value is -1.46. The summed E-state index contributed by atoms with van der Waals surface area (Å²) < 4.78 is 57.8. The van der Waals surface area contributed by atoms with Gasteiger partial charge in [0.15, 0.2) is 11.1 Å². The van der Waals surface area contributed by atoms with Crippen LogP contribution in [0.25, 0.3) is 0 Å². The van der Waals surface area contributed by atoms with Crippen LogP contribution in [0, 0.1) is 0 Å². The van der Waals surface area contributed by atoms with Crippen LogP contribution >= 0.6 is 0 Å². The highest BCUT2D eigenvalue weighted by Gasteiger charge is 2.33. The first kappa shape index (κ1) is 16.9. The molecule has 1 aromatic rings. The highest BCUT2D eigenvalue weighted by molar-refractivity contribution is 7.79. The lowest BCUT2D eigenvalue weighted by molar-refractivity contribution is -0.137. The van der Waals surface area contributed by atoms with Gasteiger partial charge in [0.05, 0.1) is 11.8 Å². The van der Waals surface area contributed by atoms with Gasteiger partial charge >= 0.3 is 12.2 Å². The number of nitrogens with zero attached hydrogens (tertiary/aromatic N) is 4. The molecule has 1 amide bonds. The molecule has 124 valence electrons. The van der Waals surface area contributed by atoms with E-state index in [-0.39, 0.29) is 12.4 Å². The van der Waals surface area contributed by atoms with Crippen LogP contribution in [-0.2, 0) is 17.3 Å². The average molecular weight is 340 g/mol. The zero-order chi connectivity index (χ0) is 16.3. The van der Waals surface area contributed by atoms with Gasteiger partial charge in [-0.05, 0) is 6.42 Å². The lowest BCUT2D eigenvalue weighted by atomic mass is 10.3. The summed E-state index contributed by atoms with van der Waals surface area (Å²) in [5, 5.41) is 3.46. The van der Waals surface area contributed by atoms with Gasteiger partial charge < -0.3 is 9.45 Å². The fourth-order valence-corrected chi connectivity index (χ4v) is 2.74. The average Bonchev–Trinajstić information content (AvgIpc) is 2.80. The van der Waals surface area contributed by atoms with Gasteiger partial charge in [0, 0.05) is 32.4 Å². The van der Waals surface area contributed by atoms with Crippen molar-refractivity contribution in [1.29, 1.82) is 0 Å². The van der Waals surface area contributed by atoms with Gasteiger partial charge in [-0.15, -0.1) is 0 Å². The Bertz CT molecular complexity index is 563. The lowest BCUT2D eigenvalue weighted by Crippen LogP contribution is -2.38. The lowest BCUT2D eigenvalue weighted by Gasteiger charge is -2.20. The van der Waals surface area contributed by atoms with Crippen molar-refractivity contribution < 1.29 is 26.7 Å². The molecule has 1 aliphatic rings. The van der Waals surface area contributed by atoms with E-state index in [1.165, 1.54) is 4.90 Å². The molecule has 0 aromatic carbocycles. The van der Waals surface area contributed by atoms with Crippen molar-refractivity contribution in [2.24, 2.45) is 0 Å². The number of hydrogen-bond acceptors (Lipinski definition) is 4. The highest BCUT2D eigenvalue weighted by Crippen LogP contribution is 2.28. The summed E-state index contributed by atoms with van der Waals surface area (Å²) in [6, 6.07) is -0.637. The van der Waals surface area contributed by atoms with E-state index < -0.39 is 28.9 Å². The Morgan fingerprint density at radius 3 is 2.64 bits per heavy atom. The minimum Gasteiger partial charge on any atom is -0.322 e. The van der Waals surface area contributed by atoms with Crippen molar-refractivity contribution in [2.75, 3.05) is 32.1 Å². The van der Waals surface area contributed by atoms with Gasteiger partial charge in [-0.2, -0.15) is 23.0 Å². The molecular formula is C11H15F3N4O3S. The van der Waals surface area contributed by atoms with Crippen molar-refractivity contribution in [3.8, 4) is 0 Å². The first-order valence-electron chi connectivity index (χ1n) is 6.48. The van der Waals surface area contributed by atoms with Gasteiger partial charge in [0.1, 0.15) is 5.88 Å². The van der Waals surface area contributed by atoms with Gasteiger partial charge in [-0.3, -0.25) is 4.90 Å². The van der Waals surface area contributed by atoms with Crippen molar-refractivity contribution in [3.05, 3.63) is 18.0 Å². The summed E-state index contributed by atoms with van der Waals surface area (Å²) in [7, 11) is 0. The predicted octanol–water partition coefficient (Wildman–Crippen LogP) is 1.06. The molecule has 1 aromatic heterocycles. The third-order valence-corrected chi connectivity index (χ3v) is 3.84.